The zero-order chi connectivity index (χ0) is 19.3. The maximum absolute atomic E-state index is 12.7. The monoisotopic (exact) mass is 392 g/mol. The van der Waals surface area contributed by atoms with Crippen molar-refractivity contribution >= 4 is 28.6 Å². The van der Waals surface area contributed by atoms with E-state index < -0.39 is 0 Å². The van der Waals surface area contributed by atoms with Crippen molar-refractivity contribution in [3.63, 3.8) is 0 Å². The Morgan fingerprint density at radius 1 is 1.39 bits per heavy atom. The van der Waals surface area contributed by atoms with Gasteiger partial charge in [-0.3, -0.25) is 4.79 Å². The summed E-state index contributed by atoms with van der Waals surface area (Å²) in [6.07, 6.45) is 5.19. The van der Waals surface area contributed by atoms with E-state index in [1.165, 1.54) is 0 Å². The van der Waals surface area contributed by atoms with E-state index in [0.29, 0.717) is 23.7 Å². The Labute approximate surface area is 167 Å². The number of rotatable bonds is 5. The Balaban J connectivity index is 1.34. The van der Waals surface area contributed by atoms with Gasteiger partial charge in [0, 0.05) is 40.8 Å². The summed E-state index contributed by atoms with van der Waals surface area (Å²) in [6.45, 7) is 1.30. The lowest BCUT2D eigenvalue weighted by Gasteiger charge is -2.32. The first kappa shape index (κ1) is 18.4. The number of likely N-dealkylation sites (tertiary alicyclic amines) is 1. The van der Waals surface area contributed by atoms with Crippen LogP contribution in [0.25, 0.3) is 10.9 Å². The van der Waals surface area contributed by atoms with Gasteiger partial charge in [0.1, 0.15) is 6.10 Å². The Hall–Kier alpha value is -2.98. The number of hydrogen-bond acceptors (Lipinski definition) is 5. The fourth-order valence-corrected chi connectivity index (χ4v) is 4.31. The second kappa shape index (κ2) is 8.36. The summed E-state index contributed by atoms with van der Waals surface area (Å²) in [5.41, 5.74) is 1.60. The number of nitriles is 1. The number of benzene rings is 1. The van der Waals surface area contributed by atoms with Crippen LogP contribution in [0.15, 0.2) is 53.7 Å². The molecule has 1 aromatic carbocycles. The maximum atomic E-state index is 12.7. The number of amides is 1. The van der Waals surface area contributed by atoms with Gasteiger partial charge in [-0.1, -0.05) is 18.2 Å². The highest BCUT2D eigenvalue weighted by Gasteiger charge is 2.25. The molecule has 1 amide bonds. The van der Waals surface area contributed by atoms with Crippen LogP contribution in [0.4, 0.5) is 0 Å². The van der Waals surface area contributed by atoms with E-state index in [9.17, 15) is 4.79 Å². The number of aromatic nitrogens is 2. The SMILES string of the molecule is N#Cc1ccnc(O[C@@H]2CCCN(C(=O)CSc3c[nH]c4ccccc34)C2)c1. The number of thioether (sulfide) groups is 1. The number of carbonyl (C=O) groups excluding carboxylic acids is 1. The van der Waals surface area contributed by atoms with Gasteiger partial charge in [-0.05, 0) is 25.0 Å². The first-order valence-corrected chi connectivity index (χ1v) is 10.2. The van der Waals surface area contributed by atoms with Crippen LogP contribution in [0, 0.1) is 11.3 Å². The molecule has 28 heavy (non-hydrogen) atoms. The van der Waals surface area contributed by atoms with E-state index >= 15 is 0 Å². The molecule has 0 bridgehead atoms. The average molecular weight is 392 g/mol. The Kier molecular flexibility index (Phi) is 5.49. The lowest BCUT2D eigenvalue weighted by molar-refractivity contribution is -0.130. The molecule has 3 aromatic rings. The Bertz CT molecular complexity index is 1030. The summed E-state index contributed by atoms with van der Waals surface area (Å²) in [5, 5.41) is 10.1. The molecule has 142 valence electrons. The van der Waals surface area contributed by atoms with Crippen LogP contribution in [0.2, 0.25) is 0 Å². The van der Waals surface area contributed by atoms with Crippen LogP contribution in [0.5, 0.6) is 5.88 Å². The van der Waals surface area contributed by atoms with Crippen LogP contribution in [0.3, 0.4) is 0 Å². The van der Waals surface area contributed by atoms with Crippen molar-refractivity contribution in [2.24, 2.45) is 0 Å². The van der Waals surface area contributed by atoms with Gasteiger partial charge in [-0.2, -0.15) is 5.26 Å². The van der Waals surface area contributed by atoms with E-state index in [1.54, 1.807) is 30.1 Å². The average Bonchev–Trinajstić information content (AvgIpc) is 3.15. The second-order valence-electron chi connectivity index (χ2n) is 6.70. The van der Waals surface area contributed by atoms with Gasteiger partial charge in [0.25, 0.3) is 0 Å². The van der Waals surface area contributed by atoms with Crippen LogP contribution in [-0.4, -0.2) is 45.7 Å². The molecular weight excluding hydrogens is 372 g/mol. The minimum atomic E-state index is -0.0998. The van der Waals surface area contributed by atoms with Crippen molar-refractivity contribution in [1.82, 2.24) is 14.9 Å². The lowest BCUT2D eigenvalue weighted by atomic mass is 10.1. The summed E-state index contributed by atoms with van der Waals surface area (Å²) in [6, 6.07) is 13.5. The summed E-state index contributed by atoms with van der Waals surface area (Å²) in [4.78, 5) is 23.1. The molecule has 1 aliphatic heterocycles. The largest absolute Gasteiger partial charge is 0.472 e. The molecule has 7 heteroatoms. The van der Waals surface area contributed by atoms with Crippen LogP contribution in [0.1, 0.15) is 18.4 Å². The third kappa shape index (κ3) is 4.12. The van der Waals surface area contributed by atoms with Crippen molar-refractivity contribution < 1.29 is 9.53 Å². The van der Waals surface area contributed by atoms with Crippen LogP contribution >= 0.6 is 11.8 Å². The molecule has 1 aliphatic rings. The number of fused-ring (bicyclic) bond motifs is 1. The summed E-state index contributed by atoms with van der Waals surface area (Å²) < 4.78 is 5.92. The molecule has 1 N–H and O–H groups in total. The quantitative estimate of drug-likeness (QED) is 0.671. The summed E-state index contributed by atoms with van der Waals surface area (Å²) in [5.74, 6) is 0.949. The van der Waals surface area contributed by atoms with Crippen molar-refractivity contribution in [3.8, 4) is 11.9 Å². The fourth-order valence-electron chi connectivity index (χ4n) is 3.37. The molecule has 0 spiro atoms. The molecule has 2 aromatic heterocycles. The number of nitrogens with zero attached hydrogens (tertiary/aromatic N) is 3. The highest BCUT2D eigenvalue weighted by atomic mass is 32.2. The molecule has 1 saturated heterocycles. The van der Waals surface area contributed by atoms with Gasteiger partial charge in [0.2, 0.25) is 11.8 Å². The molecule has 0 radical (unpaired) electrons. The number of carbonyl (C=O) groups is 1. The Morgan fingerprint density at radius 3 is 3.18 bits per heavy atom. The normalized spacial score (nSPS) is 16.7. The van der Waals surface area contributed by atoms with E-state index in [-0.39, 0.29) is 12.0 Å². The van der Waals surface area contributed by atoms with E-state index in [1.807, 2.05) is 29.3 Å². The van der Waals surface area contributed by atoms with Gasteiger partial charge < -0.3 is 14.6 Å². The number of pyridine rings is 1. The van der Waals surface area contributed by atoms with Crippen molar-refractivity contribution in [1.29, 1.82) is 5.26 Å². The first-order valence-electron chi connectivity index (χ1n) is 9.22. The molecule has 0 unspecified atom stereocenters. The van der Waals surface area contributed by atoms with Crippen molar-refractivity contribution in [2.75, 3.05) is 18.8 Å². The molecular formula is C21H20N4O2S. The van der Waals surface area contributed by atoms with E-state index in [4.69, 9.17) is 10.00 Å². The predicted molar refractivity (Wildman–Crippen MR) is 108 cm³/mol. The standard InChI is InChI=1S/C21H20N4O2S/c22-11-15-7-8-23-20(10-15)27-16-4-3-9-25(13-16)21(26)14-28-19-12-24-18-6-2-1-5-17(18)19/h1-2,5-8,10,12,16,24H,3-4,9,13-14H2/t16-/m1/s1. The van der Waals surface area contributed by atoms with Crippen molar-refractivity contribution in [3.05, 3.63) is 54.4 Å². The second-order valence-corrected chi connectivity index (χ2v) is 7.72. The number of aromatic amines is 1. The third-order valence-electron chi connectivity index (χ3n) is 4.78. The van der Waals surface area contributed by atoms with E-state index in [0.717, 1.165) is 35.2 Å². The molecule has 1 fully saturated rings. The zero-order valence-electron chi connectivity index (χ0n) is 15.3. The van der Waals surface area contributed by atoms with Crippen LogP contribution < -0.4 is 4.74 Å². The topological polar surface area (TPSA) is 82.0 Å². The number of nitrogens with one attached hydrogen (secondary N) is 1. The van der Waals surface area contributed by atoms with Gasteiger partial charge in [-0.25, -0.2) is 4.98 Å². The Morgan fingerprint density at radius 2 is 2.29 bits per heavy atom. The van der Waals surface area contributed by atoms with E-state index in [2.05, 4.69) is 22.1 Å². The molecule has 1 atom stereocenters. The van der Waals surface area contributed by atoms with Crippen molar-refractivity contribution in [2.45, 2.75) is 23.8 Å². The highest BCUT2D eigenvalue weighted by molar-refractivity contribution is 8.00. The number of para-hydroxylation sites is 1. The molecule has 4 rings (SSSR count). The molecule has 0 aliphatic carbocycles. The number of piperidine rings is 1. The summed E-state index contributed by atoms with van der Waals surface area (Å²) in [7, 11) is 0. The highest BCUT2D eigenvalue weighted by Crippen LogP contribution is 2.28. The van der Waals surface area contributed by atoms with Gasteiger partial charge >= 0.3 is 0 Å². The number of H-pyrrole nitrogens is 1. The minimum absolute atomic E-state index is 0.0998. The van der Waals surface area contributed by atoms with Gasteiger partial charge in [0.05, 0.1) is 23.9 Å². The number of hydrogen-bond donors (Lipinski definition) is 1. The summed E-state index contributed by atoms with van der Waals surface area (Å²) >= 11 is 1.56. The maximum Gasteiger partial charge on any atom is 0.233 e. The third-order valence-corrected chi connectivity index (χ3v) is 5.82. The molecule has 6 nitrogen and oxygen atoms in total. The molecule has 0 saturated carbocycles. The fraction of sp³-hybridized carbons (Fsp3) is 0.286. The van der Waals surface area contributed by atoms with Crippen LogP contribution in [-0.2, 0) is 4.79 Å². The minimum Gasteiger partial charge on any atom is -0.472 e. The lowest BCUT2D eigenvalue weighted by Crippen LogP contribution is -2.45. The molecule has 3 heterocycles. The predicted octanol–water partition coefficient (Wildman–Crippen LogP) is 3.60. The number of ether oxygens (including phenoxy) is 1. The van der Waals surface area contributed by atoms with Gasteiger partial charge in [-0.15, -0.1) is 11.8 Å². The smallest absolute Gasteiger partial charge is 0.233 e. The zero-order valence-corrected chi connectivity index (χ0v) is 16.1. The van der Waals surface area contributed by atoms with Gasteiger partial charge in [0.15, 0.2) is 0 Å². The first-order chi connectivity index (χ1) is 13.7.